The second-order valence-corrected chi connectivity index (χ2v) is 5.42. The normalized spacial score (nSPS) is 10.4. The summed E-state index contributed by atoms with van der Waals surface area (Å²) in [5.41, 5.74) is 3.29. The molecule has 2 aromatic carbocycles. The van der Waals surface area contributed by atoms with Crippen molar-refractivity contribution in [2.24, 2.45) is 0 Å². The van der Waals surface area contributed by atoms with Gasteiger partial charge in [-0.25, -0.2) is 0 Å². The lowest BCUT2D eigenvalue weighted by molar-refractivity contribution is 0.475. The summed E-state index contributed by atoms with van der Waals surface area (Å²) in [5, 5.41) is 13.1. The smallest absolute Gasteiger partial charge is 0.134 e. The number of nitrogens with one attached hydrogen (secondary N) is 1. The molecular formula is C14H13BrClNO. The van der Waals surface area contributed by atoms with E-state index in [0.29, 0.717) is 11.6 Å². The van der Waals surface area contributed by atoms with Crippen molar-refractivity contribution in [2.45, 2.75) is 13.5 Å². The van der Waals surface area contributed by atoms with E-state index in [4.69, 9.17) is 11.6 Å². The predicted molar refractivity (Wildman–Crippen MR) is 79.3 cm³/mol. The molecule has 2 nitrogen and oxygen atoms in total. The molecule has 2 rings (SSSR count). The lowest BCUT2D eigenvalue weighted by Gasteiger charge is -2.10. The average Bonchev–Trinajstić information content (AvgIpc) is 2.32. The summed E-state index contributed by atoms with van der Waals surface area (Å²) in [6.45, 7) is 2.72. The molecule has 0 fully saturated rings. The minimum Gasteiger partial charge on any atom is -0.506 e. The Hall–Kier alpha value is -1.19. The first-order valence-electron chi connectivity index (χ1n) is 5.53. The molecule has 0 spiro atoms. The van der Waals surface area contributed by atoms with Crippen LogP contribution in [0.25, 0.3) is 0 Å². The van der Waals surface area contributed by atoms with Gasteiger partial charge in [0.15, 0.2) is 0 Å². The number of hydrogen-bond acceptors (Lipinski definition) is 2. The van der Waals surface area contributed by atoms with E-state index in [2.05, 4.69) is 34.2 Å². The van der Waals surface area contributed by atoms with Crippen LogP contribution >= 0.6 is 27.5 Å². The molecule has 0 aliphatic rings. The van der Waals surface area contributed by atoms with Gasteiger partial charge in [0.05, 0.1) is 5.02 Å². The standard InChI is InChI=1S/C14H13BrClNO/c1-9-6-11(15)3-4-13(9)17-8-10-2-5-14(18)12(16)7-10/h2-7,17-18H,8H2,1H3. The quantitative estimate of drug-likeness (QED) is 0.854. The molecule has 2 N–H and O–H groups in total. The molecule has 0 bridgehead atoms. The van der Waals surface area contributed by atoms with Gasteiger partial charge in [-0.15, -0.1) is 0 Å². The van der Waals surface area contributed by atoms with Crippen molar-refractivity contribution in [1.29, 1.82) is 0 Å². The Morgan fingerprint density at radius 2 is 2.00 bits per heavy atom. The first-order valence-corrected chi connectivity index (χ1v) is 6.71. The maximum atomic E-state index is 9.35. The van der Waals surface area contributed by atoms with Crippen LogP contribution in [0.1, 0.15) is 11.1 Å². The van der Waals surface area contributed by atoms with E-state index in [9.17, 15) is 5.11 Å². The number of phenols is 1. The van der Waals surface area contributed by atoms with E-state index in [1.807, 2.05) is 18.2 Å². The maximum Gasteiger partial charge on any atom is 0.134 e. The monoisotopic (exact) mass is 325 g/mol. The van der Waals surface area contributed by atoms with Crippen molar-refractivity contribution in [3.63, 3.8) is 0 Å². The maximum absolute atomic E-state index is 9.35. The van der Waals surface area contributed by atoms with Gasteiger partial charge >= 0.3 is 0 Å². The zero-order valence-electron chi connectivity index (χ0n) is 9.87. The first kappa shape index (κ1) is 13.2. The number of benzene rings is 2. The molecule has 0 amide bonds. The van der Waals surface area contributed by atoms with Crippen LogP contribution < -0.4 is 5.32 Å². The van der Waals surface area contributed by atoms with Gasteiger partial charge in [-0.05, 0) is 48.4 Å². The third kappa shape index (κ3) is 3.18. The molecule has 94 valence electrons. The minimum absolute atomic E-state index is 0.111. The predicted octanol–water partition coefficient (Wildman–Crippen LogP) is 4.73. The molecule has 4 heteroatoms. The van der Waals surface area contributed by atoms with E-state index in [1.54, 1.807) is 12.1 Å². The first-order chi connectivity index (χ1) is 8.56. The number of rotatable bonds is 3. The fraction of sp³-hybridized carbons (Fsp3) is 0.143. The molecule has 2 aromatic rings. The Morgan fingerprint density at radius 1 is 1.22 bits per heavy atom. The van der Waals surface area contributed by atoms with E-state index in [1.165, 1.54) is 5.56 Å². The second-order valence-electron chi connectivity index (χ2n) is 4.10. The van der Waals surface area contributed by atoms with E-state index in [0.717, 1.165) is 15.7 Å². The summed E-state index contributed by atoms with van der Waals surface area (Å²) in [6.07, 6.45) is 0. The molecule has 0 aromatic heterocycles. The van der Waals surface area contributed by atoms with Crippen LogP contribution in [0.3, 0.4) is 0 Å². The summed E-state index contributed by atoms with van der Waals surface area (Å²) in [6, 6.07) is 11.3. The van der Waals surface area contributed by atoms with Crippen molar-refractivity contribution in [3.8, 4) is 5.75 Å². The minimum atomic E-state index is 0.111. The van der Waals surface area contributed by atoms with Crippen molar-refractivity contribution in [3.05, 3.63) is 57.0 Å². The number of hydrogen-bond donors (Lipinski definition) is 2. The molecule has 0 saturated carbocycles. The summed E-state index contributed by atoms with van der Waals surface area (Å²) >= 11 is 9.30. The third-order valence-corrected chi connectivity index (χ3v) is 3.48. The van der Waals surface area contributed by atoms with Crippen LogP contribution in [0, 0.1) is 6.92 Å². The molecule has 0 atom stereocenters. The molecule has 0 aliphatic carbocycles. The summed E-state index contributed by atoms with van der Waals surface area (Å²) in [4.78, 5) is 0. The highest BCUT2D eigenvalue weighted by molar-refractivity contribution is 9.10. The number of anilines is 1. The van der Waals surface area contributed by atoms with E-state index in [-0.39, 0.29) is 5.75 Å². The molecule has 18 heavy (non-hydrogen) atoms. The van der Waals surface area contributed by atoms with Gasteiger partial charge in [-0.1, -0.05) is 33.6 Å². The summed E-state index contributed by atoms with van der Waals surface area (Å²) in [7, 11) is 0. The highest BCUT2D eigenvalue weighted by Gasteiger charge is 2.02. The fourth-order valence-corrected chi connectivity index (χ4v) is 2.36. The van der Waals surface area contributed by atoms with Gasteiger partial charge in [0.2, 0.25) is 0 Å². The van der Waals surface area contributed by atoms with Gasteiger partial charge < -0.3 is 10.4 Å². The van der Waals surface area contributed by atoms with Crippen LogP contribution in [-0.4, -0.2) is 5.11 Å². The Morgan fingerprint density at radius 3 is 2.67 bits per heavy atom. The largest absolute Gasteiger partial charge is 0.506 e. The Bertz CT molecular complexity index is 572. The van der Waals surface area contributed by atoms with Crippen molar-refractivity contribution >= 4 is 33.2 Å². The van der Waals surface area contributed by atoms with Crippen LogP contribution in [0.4, 0.5) is 5.69 Å². The third-order valence-electron chi connectivity index (χ3n) is 2.68. The fourth-order valence-electron chi connectivity index (χ4n) is 1.68. The summed E-state index contributed by atoms with van der Waals surface area (Å²) in [5.74, 6) is 0.111. The molecular weight excluding hydrogens is 314 g/mol. The molecule has 0 aliphatic heterocycles. The van der Waals surface area contributed by atoms with E-state index >= 15 is 0 Å². The van der Waals surface area contributed by atoms with Gasteiger partial charge in [-0.2, -0.15) is 0 Å². The highest BCUT2D eigenvalue weighted by Crippen LogP contribution is 2.25. The number of aryl methyl sites for hydroxylation is 1. The van der Waals surface area contributed by atoms with Crippen molar-refractivity contribution in [1.82, 2.24) is 0 Å². The van der Waals surface area contributed by atoms with Gasteiger partial charge in [0, 0.05) is 16.7 Å². The molecule has 0 heterocycles. The topological polar surface area (TPSA) is 32.3 Å². The van der Waals surface area contributed by atoms with Crippen LogP contribution in [0.2, 0.25) is 5.02 Å². The van der Waals surface area contributed by atoms with Crippen molar-refractivity contribution < 1.29 is 5.11 Å². The van der Waals surface area contributed by atoms with E-state index < -0.39 is 0 Å². The summed E-state index contributed by atoms with van der Waals surface area (Å²) < 4.78 is 1.07. The number of phenolic OH excluding ortho intramolecular Hbond substituents is 1. The zero-order valence-corrected chi connectivity index (χ0v) is 12.2. The van der Waals surface area contributed by atoms with Gasteiger partial charge in [0.25, 0.3) is 0 Å². The Balaban J connectivity index is 2.09. The van der Waals surface area contributed by atoms with Crippen LogP contribution in [0.15, 0.2) is 40.9 Å². The lowest BCUT2D eigenvalue weighted by Crippen LogP contribution is -2.00. The SMILES string of the molecule is Cc1cc(Br)ccc1NCc1ccc(O)c(Cl)c1. The van der Waals surface area contributed by atoms with Gasteiger partial charge in [0.1, 0.15) is 5.75 Å². The zero-order chi connectivity index (χ0) is 13.1. The molecule has 0 saturated heterocycles. The number of halogens is 2. The average molecular weight is 327 g/mol. The Kier molecular flexibility index (Phi) is 4.15. The number of aromatic hydroxyl groups is 1. The van der Waals surface area contributed by atoms with Crippen LogP contribution in [0.5, 0.6) is 5.75 Å². The lowest BCUT2D eigenvalue weighted by atomic mass is 10.1. The highest BCUT2D eigenvalue weighted by atomic mass is 79.9. The second kappa shape index (κ2) is 5.63. The molecule has 0 radical (unpaired) electrons. The molecule has 0 unspecified atom stereocenters. The van der Waals surface area contributed by atoms with Crippen molar-refractivity contribution in [2.75, 3.05) is 5.32 Å². The van der Waals surface area contributed by atoms with Gasteiger partial charge in [-0.3, -0.25) is 0 Å². The Labute approximate surface area is 120 Å². The van der Waals surface area contributed by atoms with Crippen LogP contribution in [-0.2, 0) is 6.54 Å².